The zero-order chi connectivity index (χ0) is 24.2. The first-order chi connectivity index (χ1) is 16.3. The maximum absolute atomic E-state index is 12.8. The quantitative estimate of drug-likeness (QED) is 0.444. The molecule has 0 bridgehead atoms. The van der Waals surface area contributed by atoms with Gasteiger partial charge in [-0.1, -0.05) is 24.3 Å². The summed E-state index contributed by atoms with van der Waals surface area (Å²) in [5.41, 5.74) is 0.882. The summed E-state index contributed by atoms with van der Waals surface area (Å²) in [6, 6.07) is 14.5. The molecule has 1 aliphatic heterocycles. The van der Waals surface area contributed by atoms with Crippen LogP contribution in [0, 0.1) is 17.0 Å². The van der Waals surface area contributed by atoms with Crippen molar-refractivity contribution in [1.29, 1.82) is 0 Å². The third-order valence-electron chi connectivity index (χ3n) is 5.63. The van der Waals surface area contributed by atoms with Crippen LogP contribution in [-0.4, -0.2) is 33.1 Å². The lowest BCUT2D eigenvalue weighted by Crippen LogP contribution is -2.35. The average molecular weight is 461 g/mol. The number of carbonyl (C=O) groups excluding carboxylic acids is 2. The molecule has 0 saturated carbocycles. The number of anilines is 1. The number of hydrogen-bond donors (Lipinski definition) is 1. The first-order valence-corrected chi connectivity index (χ1v) is 10.9. The van der Waals surface area contributed by atoms with Gasteiger partial charge in [0.25, 0.3) is 11.6 Å². The Morgan fingerprint density at radius 1 is 1.12 bits per heavy atom. The van der Waals surface area contributed by atoms with Crippen molar-refractivity contribution in [2.75, 3.05) is 11.4 Å². The standard InChI is InChI=1S/C24H23N5O5/c1-16-13-21(30)23(26-28(16)19-9-2-3-10-20(19)29(33)34)24(32)25-15-17-7-6-8-18(14-17)27-12-5-4-11-22(27)31/h2-3,6-10,13-14H,4-5,11-12,15H2,1H3,(H,25,32). The molecular formula is C24H23N5O5. The molecule has 2 aromatic carbocycles. The Balaban J connectivity index is 1.56. The van der Waals surface area contributed by atoms with Crippen LogP contribution in [0.5, 0.6) is 0 Å². The van der Waals surface area contributed by atoms with Crippen molar-refractivity contribution in [2.24, 2.45) is 0 Å². The van der Waals surface area contributed by atoms with Gasteiger partial charge in [0.2, 0.25) is 11.3 Å². The van der Waals surface area contributed by atoms with E-state index in [2.05, 4.69) is 10.4 Å². The van der Waals surface area contributed by atoms with E-state index in [0.29, 0.717) is 18.7 Å². The van der Waals surface area contributed by atoms with Gasteiger partial charge >= 0.3 is 0 Å². The number of piperidine rings is 1. The van der Waals surface area contributed by atoms with Crippen molar-refractivity contribution >= 4 is 23.2 Å². The van der Waals surface area contributed by atoms with E-state index < -0.39 is 16.3 Å². The molecule has 4 rings (SSSR count). The summed E-state index contributed by atoms with van der Waals surface area (Å²) in [5.74, 6) is -0.622. The van der Waals surface area contributed by atoms with Crippen molar-refractivity contribution in [2.45, 2.75) is 32.7 Å². The lowest BCUT2D eigenvalue weighted by molar-refractivity contribution is -0.384. The predicted molar refractivity (Wildman–Crippen MR) is 125 cm³/mol. The van der Waals surface area contributed by atoms with Crippen LogP contribution in [0.15, 0.2) is 59.4 Å². The molecule has 1 aliphatic rings. The molecule has 10 nitrogen and oxygen atoms in total. The Hall–Kier alpha value is -4.34. The van der Waals surface area contributed by atoms with Crippen LogP contribution in [0.4, 0.5) is 11.4 Å². The summed E-state index contributed by atoms with van der Waals surface area (Å²) in [6.45, 7) is 2.36. The molecule has 34 heavy (non-hydrogen) atoms. The highest BCUT2D eigenvalue weighted by Gasteiger charge is 2.21. The second kappa shape index (κ2) is 9.65. The Bertz CT molecular complexity index is 1330. The second-order valence-electron chi connectivity index (χ2n) is 8.01. The van der Waals surface area contributed by atoms with Gasteiger partial charge in [0, 0.05) is 43.0 Å². The Morgan fingerprint density at radius 3 is 2.68 bits per heavy atom. The number of nitro groups is 1. The highest BCUT2D eigenvalue weighted by Crippen LogP contribution is 2.23. The molecule has 2 heterocycles. The molecule has 10 heteroatoms. The molecule has 1 N–H and O–H groups in total. The van der Waals surface area contributed by atoms with Crippen molar-refractivity contribution in [3.8, 4) is 5.69 Å². The fraction of sp³-hybridized carbons (Fsp3) is 0.250. The van der Waals surface area contributed by atoms with Crippen LogP contribution in [0.2, 0.25) is 0 Å². The normalized spacial score (nSPS) is 13.6. The summed E-state index contributed by atoms with van der Waals surface area (Å²) in [5, 5.41) is 18.2. The molecule has 1 aromatic heterocycles. The maximum Gasteiger partial charge on any atom is 0.294 e. The van der Waals surface area contributed by atoms with Crippen molar-refractivity contribution in [1.82, 2.24) is 15.1 Å². The summed E-state index contributed by atoms with van der Waals surface area (Å²) in [6.07, 6.45) is 2.35. The lowest BCUT2D eigenvalue weighted by atomic mass is 10.1. The van der Waals surface area contributed by atoms with Gasteiger partial charge in [-0.25, -0.2) is 4.68 Å². The molecule has 174 valence electrons. The van der Waals surface area contributed by atoms with Crippen molar-refractivity contribution in [3.05, 3.63) is 91.9 Å². The van der Waals surface area contributed by atoms with E-state index >= 15 is 0 Å². The van der Waals surface area contributed by atoms with Gasteiger partial charge in [-0.05, 0) is 43.5 Å². The number of aromatic nitrogens is 2. The van der Waals surface area contributed by atoms with Gasteiger partial charge < -0.3 is 10.2 Å². The third-order valence-corrected chi connectivity index (χ3v) is 5.63. The van der Waals surface area contributed by atoms with E-state index in [1.165, 1.54) is 28.9 Å². The minimum absolute atomic E-state index is 0.0758. The van der Waals surface area contributed by atoms with Crippen LogP contribution in [0.3, 0.4) is 0 Å². The maximum atomic E-state index is 12.8. The first kappa shape index (κ1) is 22.8. The largest absolute Gasteiger partial charge is 0.346 e. The minimum atomic E-state index is -0.697. The van der Waals surface area contributed by atoms with Crippen LogP contribution in [0.25, 0.3) is 5.69 Å². The molecule has 0 atom stereocenters. The smallest absolute Gasteiger partial charge is 0.294 e. The highest BCUT2D eigenvalue weighted by molar-refractivity contribution is 5.94. The monoisotopic (exact) mass is 461 g/mol. The van der Waals surface area contributed by atoms with E-state index in [1.54, 1.807) is 17.9 Å². The molecule has 0 aliphatic carbocycles. The number of benzene rings is 2. The number of nitrogens with one attached hydrogen (secondary N) is 1. The van der Waals surface area contributed by atoms with E-state index in [-0.39, 0.29) is 29.5 Å². The zero-order valence-electron chi connectivity index (χ0n) is 18.6. The summed E-state index contributed by atoms with van der Waals surface area (Å²) >= 11 is 0. The number of para-hydroxylation sites is 2. The Morgan fingerprint density at radius 2 is 1.91 bits per heavy atom. The van der Waals surface area contributed by atoms with Crippen LogP contribution < -0.4 is 15.6 Å². The minimum Gasteiger partial charge on any atom is -0.346 e. The fourth-order valence-corrected chi connectivity index (χ4v) is 3.93. The van der Waals surface area contributed by atoms with Gasteiger partial charge in [0.05, 0.1) is 4.92 Å². The number of rotatable bonds is 6. The number of nitrogens with zero attached hydrogens (tertiary/aromatic N) is 4. The van der Waals surface area contributed by atoms with Crippen LogP contribution in [-0.2, 0) is 11.3 Å². The van der Waals surface area contributed by atoms with Gasteiger partial charge in [-0.2, -0.15) is 5.10 Å². The first-order valence-electron chi connectivity index (χ1n) is 10.9. The topological polar surface area (TPSA) is 127 Å². The fourth-order valence-electron chi connectivity index (χ4n) is 3.93. The highest BCUT2D eigenvalue weighted by atomic mass is 16.6. The number of amides is 2. The van der Waals surface area contributed by atoms with E-state index in [0.717, 1.165) is 24.1 Å². The number of nitro benzene ring substituents is 1. The van der Waals surface area contributed by atoms with Gasteiger partial charge in [0.15, 0.2) is 5.69 Å². The van der Waals surface area contributed by atoms with Gasteiger partial charge in [-0.3, -0.25) is 24.5 Å². The van der Waals surface area contributed by atoms with E-state index in [9.17, 15) is 24.5 Å². The molecule has 3 aromatic rings. The number of aryl methyl sites for hydroxylation is 1. The molecule has 0 radical (unpaired) electrons. The summed E-state index contributed by atoms with van der Waals surface area (Å²) < 4.78 is 1.22. The SMILES string of the molecule is Cc1cc(=O)c(C(=O)NCc2cccc(N3CCCCC3=O)c2)nn1-c1ccccc1[N+](=O)[O-]. The van der Waals surface area contributed by atoms with Gasteiger partial charge in [-0.15, -0.1) is 0 Å². The lowest BCUT2D eigenvalue weighted by Gasteiger charge is -2.27. The van der Waals surface area contributed by atoms with Crippen LogP contribution >= 0.6 is 0 Å². The molecular weight excluding hydrogens is 438 g/mol. The molecule has 1 fully saturated rings. The Kier molecular flexibility index (Phi) is 6.48. The predicted octanol–water partition coefficient (Wildman–Crippen LogP) is 2.90. The molecule has 0 unspecified atom stereocenters. The third kappa shape index (κ3) is 4.70. The van der Waals surface area contributed by atoms with E-state index in [1.807, 2.05) is 24.3 Å². The molecule has 0 spiro atoms. The molecule has 1 saturated heterocycles. The number of hydrogen-bond acceptors (Lipinski definition) is 6. The van der Waals surface area contributed by atoms with Crippen molar-refractivity contribution < 1.29 is 14.5 Å². The second-order valence-corrected chi connectivity index (χ2v) is 8.01. The van der Waals surface area contributed by atoms with Crippen LogP contribution in [0.1, 0.15) is 41.0 Å². The summed E-state index contributed by atoms with van der Waals surface area (Å²) in [4.78, 5) is 50.1. The number of carbonyl (C=O) groups is 2. The van der Waals surface area contributed by atoms with E-state index in [4.69, 9.17) is 0 Å². The average Bonchev–Trinajstić information content (AvgIpc) is 2.83. The van der Waals surface area contributed by atoms with Crippen molar-refractivity contribution in [3.63, 3.8) is 0 Å². The summed E-state index contributed by atoms with van der Waals surface area (Å²) in [7, 11) is 0. The van der Waals surface area contributed by atoms with Gasteiger partial charge in [0.1, 0.15) is 5.69 Å². The Labute approximate surface area is 195 Å². The molecule has 2 amide bonds. The zero-order valence-corrected chi connectivity index (χ0v) is 18.6.